The van der Waals surface area contributed by atoms with Crippen LogP contribution in [0.15, 0.2) is 35.9 Å². The number of aromatic nitrogens is 1. The number of amides is 1. The first-order valence-electron chi connectivity index (χ1n) is 9.33. The molecule has 2 rings (SSSR count). The van der Waals surface area contributed by atoms with E-state index in [1.54, 1.807) is 13.2 Å². The maximum absolute atomic E-state index is 12.9. The Morgan fingerprint density at radius 1 is 1.34 bits per heavy atom. The molecule has 6 nitrogen and oxygen atoms in total. The molecule has 1 aromatic carbocycles. The molecule has 0 saturated carbocycles. The number of methoxy groups -OCH3 is 1. The third-order valence-electron chi connectivity index (χ3n) is 4.51. The third kappa shape index (κ3) is 5.93. The van der Waals surface area contributed by atoms with Crippen LogP contribution in [0.4, 0.5) is 4.39 Å². The first kappa shape index (κ1) is 22.2. The zero-order valence-corrected chi connectivity index (χ0v) is 17.2. The van der Waals surface area contributed by atoms with Crippen molar-refractivity contribution in [1.82, 2.24) is 9.88 Å². The van der Waals surface area contributed by atoms with Crippen LogP contribution in [0.3, 0.4) is 0 Å². The van der Waals surface area contributed by atoms with Crippen molar-refractivity contribution >= 4 is 12.0 Å². The van der Waals surface area contributed by atoms with Crippen LogP contribution >= 0.6 is 0 Å². The number of carbonyl (C=O) groups is 1. The molecular weight excluding hydrogens is 373 g/mol. The smallest absolute Gasteiger partial charge is 0.262 e. The molecular formula is C22H26FN3O3. The first-order chi connectivity index (χ1) is 13.9. The summed E-state index contributed by atoms with van der Waals surface area (Å²) < 4.78 is 25.7. The van der Waals surface area contributed by atoms with Gasteiger partial charge in [-0.05, 0) is 62.7 Å². The van der Waals surface area contributed by atoms with E-state index in [0.717, 1.165) is 17.0 Å². The lowest BCUT2D eigenvalue weighted by Crippen LogP contribution is -2.29. The fourth-order valence-electron chi connectivity index (χ4n) is 3.21. The maximum Gasteiger partial charge on any atom is 0.262 e. The van der Waals surface area contributed by atoms with E-state index in [2.05, 4.69) is 16.8 Å². The molecule has 7 heteroatoms. The van der Waals surface area contributed by atoms with E-state index in [4.69, 9.17) is 9.47 Å². The molecule has 1 atom stereocenters. The highest BCUT2D eigenvalue weighted by Gasteiger charge is 2.15. The summed E-state index contributed by atoms with van der Waals surface area (Å²) in [4.78, 5) is 12.3. The predicted octanol–water partition coefficient (Wildman–Crippen LogP) is 3.55. The Hall–Kier alpha value is -3.11. The molecule has 0 radical (unpaired) electrons. The molecule has 1 heterocycles. The van der Waals surface area contributed by atoms with Crippen LogP contribution in [0.25, 0.3) is 6.08 Å². The normalized spacial score (nSPS) is 12.3. The minimum Gasteiger partial charge on any atom is -0.492 e. The van der Waals surface area contributed by atoms with Crippen molar-refractivity contribution in [3.8, 4) is 11.8 Å². The fourth-order valence-corrected chi connectivity index (χ4v) is 3.21. The Morgan fingerprint density at radius 2 is 2.03 bits per heavy atom. The molecule has 2 aromatic rings. The van der Waals surface area contributed by atoms with Gasteiger partial charge in [0, 0.05) is 18.5 Å². The van der Waals surface area contributed by atoms with Gasteiger partial charge in [0.05, 0.1) is 19.2 Å². The number of nitrogens with zero attached hydrogens (tertiary/aromatic N) is 2. The van der Waals surface area contributed by atoms with Gasteiger partial charge in [-0.3, -0.25) is 4.79 Å². The topological polar surface area (TPSA) is 76.3 Å². The van der Waals surface area contributed by atoms with Crippen molar-refractivity contribution in [2.75, 3.05) is 26.9 Å². The highest BCUT2D eigenvalue weighted by atomic mass is 19.1. The van der Waals surface area contributed by atoms with Crippen molar-refractivity contribution in [2.24, 2.45) is 0 Å². The van der Waals surface area contributed by atoms with Gasteiger partial charge in [0.15, 0.2) is 0 Å². The molecule has 29 heavy (non-hydrogen) atoms. The number of hydrogen-bond acceptors (Lipinski definition) is 4. The quantitative estimate of drug-likeness (QED) is 0.397. The number of aryl methyl sites for hydroxylation is 1. The van der Waals surface area contributed by atoms with E-state index in [1.807, 2.05) is 26.0 Å². The van der Waals surface area contributed by atoms with E-state index >= 15 is 0 Å². The summed E-state index contributed by atoms with van der Waals surface area (Å²) in [7, 11) is 1.66. The van der Waals surface area contributed by atoms with Gasteiger partial charge in [-0.15, -0.1) is 0 Å². The molecule has 1 aromatic heterocycles. The highest BCUT2D eigenvalue weighted by Crippen LogP contribution is 2.22. The summed E-state index contributed by atoms with van der Waals surface area (Å²) in [5.74, 6) is -0.301. The summed E-state index contributed by atoms with van der Waals surface area (Å²) in [6.45, 7) is 6.98. The van der Waals surface area contributed by atoms with Gasteiger partial charge in [0.25, 0.3) is 5.91 Å². The Labute approximate surface area is 170 Å². The van der Waals surface area contributed by atoms with Gasteiger partial charge in [0.1, 0.15) is 29.8 Å². The summed E-state index contributed by atoms with van der Waals surface area (Å²) >= 11 is 0. The van der Waals surface area contributed by atoms with Gasteiger partial charge in [-0.1, -0.05) is 0 Å². The van der Waals surface area contributed by atoms with E-state index in [9.17, 15) is 14.4 Å². The van der Waals surface area contributed by atoms with Crippen LogP contribution in [0, 0.1) is 31.0 Å². The predicted molar refractivity (Wildman–Crippen MR) is 109 cm³/mol. The second-order valence-electron chi connectivity index (χ2n) is 6.73. The maximum atomic E-state index is 12.9. The minimum absolute atomic E-state index is 0.0198. The zero-order valence-electron chi connectivity index (χ0n) is 17.2. The molecule has 0 saturated heterocycles. The molecule has 1 unspecified atom stereocenters. The van der Waals surface area contributed by atoms with Crippen molar-refractivity contribution in [3.05, 3.63) is 58.7 Å². The lowest BCUT2D eigenvalue weighted by Gasteiger charge is -2.17. The Bertz CT molecular complexity index is 911. The molecule has 0 aliphatic rings. The van der Waals surface area contributed by atoms with E-state index in [0.29, 0.717) is 12.4 Å². The van der Waals surface area contributed by atoms with Crippen molar-refractivity contribution in [1.29, 1.82) is 5.26 Å². The Morgan fingerprint density at radius 3 is 2.66 bits per heavy atom. The van der Waals surface area contributed by atoms with E-state index in [1.165, 1.54) is 24.3 Å². The number of rotatable bonds is 9. The van der Waals surface area contributed by atoms with Gasteiger partial charge >= 0.3 is 0 Å². The average molecular weight is 399 g/mol. The van der Waals surface area contributed by atoms with E-state index < -0.39 is 5.91 Å². The standard InChI is InChI=1S/C22H26FN3O3/c1-15-11-18(17(3)26(15)16(2)14-28-4)12-19(13-24)22(27)25-9-10-29-21-7-5-20(23)6-8-21/h5-8,11-12,16H,9-10,14H2,1-4H3,(H,25,27)/b19-12-. The second kappa shape index (κ2) is 10.4. The lowest BCUT2D eigenvalue weighted by molar-refractivity contribution is -0.117. The minimum atomic E-state index is -0.468. The molecule has 1 amide bonds. The molecule has 1 N–H and O–H groups in total. The SMILES string of the molecule is COCC(C)n1c(C)cc(/C=C(/C#N)C(=O)NCCOc2ccc(F)cc2)c1C. The van der Waals surface area contributed by atoms with Crippen molar-refractivity contribution in [2.45, 2.75) is 26.8 Å². The summed E-state index contributed by atoms with van der Waals surface area (Å²) in [5, 5.41) is 12.1. The van der Waals surface area contributed by atoms with Crippen LogP contribution in [0.5, 0.6) is 5.75 Å². The van der Waals surface area contributed by atoms with E-state index in [-0.39, 0.29) is 30.6 Å². The zero-order chi connectivity index (χ0) is 21.4. The summed E-state index contributed by atoms with van der Waals surface area (Å²) in [5.41, 5.74) is 2.84. The first-order valence-corrected chi connectivity index (χ1v) is 9.33. The number of halogens is 1. The summed E-state index contributed by atoms with van der Waals surface area (Å²) in [6, 6.07) is 9.67. The second-order valence-corrected chi connectivity index (χ2v) is 6.73. The number of hydrogen-bond donors (Lipinski definition) is 1. The molecule has 0 fully saturated rings. The third-order valence-corrected chi connectivity index (χ3v) is 4.51. The molecule has 0 aliphatic carbocycles. The van der Waals surface area contributed by atoms with Crippen LogP contribution in [-0.2, 0) is 9.53 Å². The monoisotopic (exact) mass is 399 g/mol. The summed E-state index contributed by atoms with van der Waals surface area (Å²) in [6.07, 6.45) is 1.59. The fraction of sp³-hybridized carbons (Fsp3) is 0.364. The van der Waals surface area contributed by atoms with Gasteiger partial charge < -0.3 is 19.4 Å². The van der Waals surface area contributed by atoms with Crippen molar-refractivity contribution in [3.63, 3.8) is 0 Å². The number of benzene rings is 1. The number of nitrogens with one attached hydrogen (secondary N) is 1. The molecule has 0 aliphatic heterocycles. The van der Waals surface area contributed by atoms with Gasteiger partial charge in [0.2, 0.25) is 0 Å². The number of nitriles is 1. The molecule has 154 valence electrons. The van der Waals surface area contributed by atoms with Crippen LogP contribution < -0.4 is 10.1 Å². The van der Waals surface area contributed by atoms with Crippen LogP contribution in [0.2, 0.25) is 0 Å². The van der Waals surface area contributed by atoms with Crippen LogP contribution in [0.1, 0.15) is 29.9 Å². The van der Waals surface area contributed by atoms with Crippen LogP contribution in [-0.4, -0.2) is 37.3 Å². The number of ether oxygens (including phenoxy) is 2. The average Bonchev–Trinajstić information content (AvgIpc) is 2.97. The number of carbonyl (C=O) groups excluding carboxylic acids is 1. The molecule has 0 spiro atoms. The Balaban J connectivity index is 2.00. The molecule has 0 bridgehead atoms. The van der Waals surface area contributed by atoms with Crippen molar-refractivity contribution < 1.29 is 18.7 Å². The largest absolute Gasteiger partial charge is 0.492 e. The lowest BCUT2D eigenvalue weighted by atomic mass is 10.1. The Kier molecular flexibility index (Phi) is 7.98. The van der Waals surface area contributed by atoms with Gasteiger partial charge in [-0.2, -0.15) is 5.26 Å². The highest BCUT2D eigenvalue weighted by molar-refractivity contribution is 6.01. The van der Waals surface area contributed by atoms with Gasteiger partial charge in [-0.25, -0.2) is 4.39 Å².